The van der Waals surface area contributed by atoms with Crippen molar-refractivity contribution in [2.75, 3.05) is 50.7 Å². The summed E-state index contributed by atoms with van der Waals surface area (Å²) in [6.45, 7) is 7.70. The Morgan fingerprint density at radius 3 is 2.78 bits per heavy atom. The number of nitrogens with zero attached hydrogens (tertiary/aromatic N) is 2. The summed E-state index contributed by atoms with van der Waals surface area (Å²) in [5.74, 6) is 0.830. The third-order valence-corrected chi connectivity index (χ3v) is 5.63. The predicted octanol–water partition coefficient (Wildman–Crippen LogP) is 1.78. The Hall–Kier alpha value is -0.950. The Labute approximate surface area is 141 Å². The van der Waals surface area contributed by atoms with Crippen molar-refractivity contribution < 1.29 is 8.76 Å². The topological polar surface area (TPSA) is 55.8 Å². The summed E-state index contributed by atoms with van der Waals surface area (Å²) in [6.07, 6.45) is 3.94. The molecule has 0 aromatic heterocycles. The Kier molecular flexibility index (Phi) is 6.05. The van der Waals surface area contributed by atoms with Gasteiger partial charge in [0.2, 0.25) is 0 Å². The molecule has 0 radical (unpaired) electrons. The molecule has 2 unspecified atom stereocenters. The summed E-state index contributed by atoms with van der Waals surface area (Å²) < 4.78 is 20.5. The number of benzene rings is 1. The van der Waals surface area contributed by atoms with Gasteiger partial charge in [0.05, 0.1) is 4.90 Å². The maximum atomic E-state index is 11.2. The van der Waals surface area contributed by atoms with Crippen LogP contribution in [0.4, 0.5) is 5.69 Å². The van der Waals surface area contributed by atoms with Gasteiger partial charge in [0, 0.05) is 38.4 Å². The molecule has 3 rings (SSSR count). The van der Waals surface area contributed by atoms with Gasteiger partial charge >= 0.3 is 0 Å². The Morgan fingerprint density at radius 2 is 2.00 bits per heavy atom. The second-order valence-electron chi connectivity index (χ2n) is 6.58. The lowest BCUT2D eigenvalue weighted by Crippen LogP contribution is -2.47. The van der Waals surface area contributed by atoms with Crippen LogP contribution in [0.3, 0.4) is 0 Å². The number of nitrogens with one attached hydrogen (secondary N) is 1. The van der Waals surface area contributed by atoms with Crippen molar-refractivity contribution in [1.29, 1.82) is 0 Å². The summed E-state index contributed by atoms with van der Waals surface area (Å²) in [7, 11) is 0. The molecule has 2 fully saturated rings. The highest BCUT2D eigenvalue weighted by atomic mass is 32.2. The number of hydrogen-bond donors (Lipinski definition) is 2. The first kappa shape index (κ1) is 16.9. The van der Waals surface area contributed by atoms with E-state index in [4.69, 9.17) is 0 Å². The second kappa shape index (κ2) is 8.24. The maximum absolute atomic E-state index is 11.2. The molecule has 23 heavy (non-hydrogen) atoms. The van der Waals surface area contributed by atoms with Crippen molar-refractivity contribution >= 4 is 16.8 Å². The summed E-state index contributed by atoms with van der Waals surface area (Å²) in [5.41, 5.74) is 1.06. The molecule has 2 saturated heterocycles. The Balaban J connectivity index is 1.51. The van der Waals surface area contributed by atoms with E-state index in [0.717, 1.165) is 44.3 Å². The van der Waals surface area contributed by atoms with Crippen molar-refractivity contribution in [3.8, 4) is 0 Å². The molecule has 2 aliphatic heterocycles. The molecule has 2 aliphatic rings. The van der Waals surface area contributed by atoms with Crippen molar-refractivity contribution in [3.63, 3.8) is 0 Å². The Bertz CT molecular complexity index is 524. The number of anilines is 1. The molecular weight excluding hydrogens is 310 g/mol. The highest BCUT2D eigenvalue weighted by Crippen LogP contribution is 2.21. The van der Waals surface area contributed by atoms with Crippen LogP contribution >= 0.6 is 0 Å². The normalized spacial score (nSPS) is 25.1. The minimum atomic E-state index is -1.90. The maximum Gasteiger partial charge on any atom is 0.186 e. The van der Waals surface area contributed by atoms with Gasteiger partial charge in [0.1, 0.15) is 0 Å². The standard InChI is InChI=1S/C17H27N3O2S/c21-23(22)17-5-1-4-16(13-17)20-11-9-19(10-12-20)14-15-3-2-7-18-8-6-15/h1,4-5,13,15,18H,2-3,6-12,14H2,(H,21,22). The number of piperazine rings is 1. The first-order chi connectivity index (χ1) is 11.2. The minimum absolute atomic E-state index is 0.482. The van der Waals surface area contributed by atoms with E-state index in [1.165, 1.54) is 32.4 Å². The zero-order valence-electron chi connectivity index (χ0n) is 13.6. The average molecular weight is 337 g/mol. The van der Waals surface area contributed by atoms with Crippen LogP contribution in [-0.2, 0) is 11.1 Å². The summed E-state index contributed by atoms with van der Waals surface area (Å²) in [6, 6.07) is 7.44. The zero-order chi connectivity index (χ0) is 16.1. The predicted molar refractivity (Wildman–Crippen MR) is 94.3 cm³/mol. The van der Waals surface area contributed by atoms with Gasteiger partial charge < -0.3 is 14.8 Å². The van der Waals surface area contributed by atoms with E-state index in [1.54, 1.807) is 6.07 Å². The van der Waals surface area contributed by atoms with Crippen LogP contribution in [0.1, 0.15) is 19.3 Å². The fourth-order valence-corrected chi connectivity index (χ4v) is 4.03. The van der Waals surface area contributed by atoms with E-state index in [1.807, 2.05) is 18.2 Å². The van der Waals surface area contributed by atoms with E-state index in [-0.39, 0.29) is 0 Å². The third kappa shape index (κ3) is 4.76. The first-order valence-electron chi connectivity index (χ1n) is 8.61. The fraction of sp³-hybridized carbons (Fsp3) is 0.647. The monoisotopic (exact) mass is 337 g/mol. The van der Waals surface area contributed by atoms with E-state index < -0.39 is 11.1 Å². The summed E-state index contributed by atoms with van der Waals surface area (Å²) in [5, 5.41) is 3.49. The molecule has 6 heteroatoms. The van der Waals surface area contributed by atoms with Gasteiger partial charge in [0.15, 0.2) is 11.1 Å². The molecule has 0 amide bonds. The van der Waals surface area contributed by atoms with Crippen LogP contribution in [-0.4, -0.2) is 59.5 Å². The van der Waals surface area contributed by atoms with Gasteiger partial charge in [-0.1, -0.05) is 6.07 Å². The smallest absolute Gasteiger partial charge is 0.186 e. The molecule has 0 aliphatic carbocycles. The SMILES string of the molecule is O=S(O)c1cccc(N2CCN(CC3CCCNCC3)CC2)c1. The Morgan fingerprint density at radius 1 is 1.17 bits per heavy atom. The molecule has 1 aromatic rings. The van der Waals surface area contributed by atoms with Crippen molar-refractivity contribution in [3.05, 3.63) is 24.3 Å². The van der Waals surface area contributed by atoms with Gasteiger partial charge in [-0.05, 0) is 56.5 Å². The van der Waals surface area contributed by atoms with Gasteiger partial charge in [-0.25, -0.2) is 4.21 Å². The van der Waals surface area contributed by atoms with Crippen LogP contribution in [0, 0.1) is 5.92 Å². The van der Waals surface area contributed by atoms with Gasteiger partial charge in [0.25, 0.3) is 0 Å². The van der Waals surface area contributed by atoms with Crippen LogP contribution in [0.5, 0.6) is 0 Å². The molecule has 2 heterocycles. The van der Waals surface area contributed by atoms with Crippen LogP contribution in [0.2, 0.25) is 0 Å². The van der Waals surface area contributed by atoms with Gasteiger partial charge in [-0.3, -0.25) is 4.90 Å². The molecule has 128 valence electrons. The number of rotatable bonds is 4. The third-order valence-electron chi connectivity index (χ3n) is 4.97. The molecule has 2 atom stereocenters. The molecule has 2 N–H and O–H groups in total. The first-order valence-corrected chi connectivity index (χ1v) is 9.72. The quantitative estimate of drug-likeness (QED) is 0.820. The highest BCUT2D eigenvalue weighted by molar-refractivity contribution is 7.79. The van der Waals surface area contributed by atoms with Crippen LogP contribution < -0.4 is 10.2 Å². The second-order valence-corrected chi connectivity index (χ2v) is 7.55. The largest absolute Gasteiger partial charge is 0.369 e. The van der Waals surface area contributed by atoms with E-state index in [2.05, 4.69) is 15.1 Å². The molecule has 1 aromatic carbocycles. The summed E-state index contributed by atoms with van der Waals surface area (Å²) in [4.78, 5) is 5.39. The molecule has 0 bridgehead atoms. The van der Waals surface area contributed by atoms with E-state index >= 15 is 0 Å². The van der Waals surface area contributed by atoms with Crippen molar-refractivity contribution in [2.45, 2.75) is 24.2 Å². The summed E-state index contributed by atoms with van der Waals surface area (Å²) >= 11 is -1.90. The van der Waals surface area contributed by atoms with Crippen LogP contribution in [0.25, 0.3) is 0 Å². The van der Waals surface area contributed by atoms with Crippen molar-refractivity contribution in [2.24, 2.45) is 5.92 Å². The lowest BCUT2D eigenvalue weighted by Gasteiger charge is -2.37. The lowest BCUT2D eigenvalue weighted by atomic mass is 10.00. The molecule has 0 saturated carbocycles. The lowest BCUT2D eigenvalue weighted by molar-refractivity contribution is 0.210. The van der Waals surface area contributed by atoms with Crippen molar-refractivity contribution in [1.82, 2.24) is 10.2 Å². The molecule has 5 nitrogen and oxygen atoms in total. The number of hydrogen-bond acceptors (Lipinski definition) is 4. The fourth-order valence-electron chi connectivity index (χ4n) is 3.62. The van der Waals surface area contributed by atoms with Gasteiger partial charge in [-0.2, -0.15) is 0 Å². The average Bonchev–Trinajstić information content (AvgIpc) is 2.84. The molecular formula is C17H27N3O2S. The zero-order valence-corrected chi connectivity index (χ0v) is 14.4. The van der Waals surface area contributed by atoms with Crippen LogP contribution in [0.15, 0.2) is 29.2 Å². The van der Waals surface area contributed by atoms with E-state index in [0.29, 0.717) is 4.90 Å². The molecule has 0 spiro atoms. The minimum Gasteiger partial charge on any atom is -0.369 e. The van der Waals surface area contributed by atoms with E-state index in [9.17, 15) is 8.76 Å². The highest BCUT2D eigenvalue weighted by Gasteiger charge is 2.21. The van der Waals surface area contributed by atoms with Gasteiger partial charge in [-0.15, -0.1) is 0 Å².